The van der Waals surface area contributed by atoms with Crippen LogP contribution < -0.4 is 5.32 Å². The minimum Gasteiger partial charge on any atom is -0.346 e. The second kappa shape index (κ2) is 8.79. The molecule has 0 saturated carbocycles. The molecule has 1 aliphatic heterocycles. The summed E-state index contributed by atoms with van der Waals surface area (Å²) in [5.41, 5.74) is 3.57. The van der Waals surface area contributed by atoms with Gasteiger partial charge >= 0.3 is 0 Å². The van der Waals surface area contributed by atoms with E-state index in [9.17, 15) is 0 Å². The molecular weight excluding hydrogens is 326 g/mol. The number of piperazine rings is 1. The van der Waals surface area contributed by atoms with Gasteiger partial charge in [0.15, 0.2) is 5.11 Å². The van der Waals surface area contributed by atoms with Crippen LogP contribution in [0.4, 0.5) is 5.69 Å². The molecule has 3 nitrogen and oxygen atoms in total. The predicted molar refractivity (Wildman–Crippen MR) is 111 cm³/mol. The van der Waals surface area contributed by atoms with Crippen molar-refractivity contribution in [3.8, 4) is 0 Å². The van der Waals surface area contributed by atoms with Gasteiger partial charge in [-0.05, 0) is 36.3 Å². The van der Waals surface area contributed by atoms with Crippen LogP contribution in [0.2, 0.25) is 0 Å². The fraction of sp³-hybridized carbons (Fsp3) is 0.286. The minimum atomic E-state index is 0.828. The molecule has 4 heteroatoms. The molecule has 1 N–H and O–H groups in total. The molecular formula is C21H25N3S. The number of hydrogen-bond donors (Lipinski definition) is 1. The Hall–Kier alpha value is -2.17. The van der Waals surface area contributed by atoms with Crippen molar-refractivity contribution in [1.29, 1.82) is 0 Å². The van der Waals surface area contributed by atoms with Crippen LogP contribution in [0.15, 0.2) is 60.7 Å². The summed E-state index contributed by atoms with van der Waals surface area (Å²) in [7, 11) is 0. The predicted octanol–water partition coefficient (Wildman–Crippen LogP) is 4.02. The van der Waals surface area contributed by atoms with E-state index < -0.39 is 0 Å². The third-order valence-electron chi connectivity index (χ3n) is 4.52. The average molecular weight is 352 g/mol. The van der Waals surface area contributed by atoms with Gasteiger partial charge in [0.2, 0.25) is 0 Å². The molecule has 2 aromatic rings. The van der Waals surface area contributed by atoms with Crippen molar-refractivity contribution in [3.05, 3.63) is 71.8 Å². The van der Waals surface area contributed by atoms with Gasteiger partial charge < -0.3 is 10.2 Å². The van der Waals surface area contributed by atoms with E-state index in [-0.39, 0.29) is 0 Å². The normalized spacial score (nSPS) is 15.5. The van der Waals surface area contributed by atoms with Crippen LogP contribution in [0.1, 0.15) is 11.1 Å². The van der Waals surface area contributed by atoms with Gasteiger partial charge in [-0.25, -0.2) is 0 Å². The number of benzene rings is 2. The Morgan fingerprint density at radius 2 is 1.68 bits per heavy atom. The zero-order chi connectivity index (χ0) is 17.5. The number of nitrogens with zero attached hydrogens (tertiary/aromatic N) is 2. The lowest BCUT2D eigenvalue weighted by molar-refractivity contribution is 0.200. The Labute approximate surface area is 156 Å². The molecule has 0 bridgehead atoms. The molecule has 25 heavy (non-hydrogen) atoms. The first kappa shape index (κ1) is 17.6. The van der Waals surface area contributed by atoms with E-state index in [1.54, 1.807) is 0 Å². The second-order valence-electron chi connectivity index (χ2n) is 6.35. The van der Waals surface area contributed by atoms with Crippen molar-refractivity contribution in [2.45, 2.75) is 6.92 Å². The summed E-state index contributed by atoms with van der Waals surface area (Å²) in [5, 5.41) is 4.21. The summed E-state index contributed by atoms with van der Waals surface area (Å²) in [5.74, 6) is 0. The monoisotopic (exact) mass is 351 g/mol. The van der Waals surface area contributed by atoms with E-state index >= 15 is 0 Å². The molecule has 130 valence electrons. The van der Waals surface area contributed by atoms with E-state index in [4.69, 9.17) is 12.2 Å². The first-order valence-electron chi connectivity index (χ1n) is 8.78. The summed E-state index contributed by atoms with van der Waals surface area (Å²) in [6.45, 7) is 7.10. The summed E-state index contributed by atoms with van der Waals surface area (Å²) >= 11 is 5.59. The van der Waals surface area contributed by atoms with Gasteiger partial charge in [-0.2, -0.15) is 0 Å². The number of anilines is 1. The fourth-order valence-electron chi connectivity index (χ4n) is 2.94. The van der Waals surface area contributed by atoms with Crippen LogP contribution in [0, 0.1) is 6.92 Å². The number of thiocarbonyl (C=S) groups is 1. The van der Waals surface area contributed by atoms with Crippen LogP contribution in [-0.2, 0) is 0 Å². The maximum absolute atomic E-state index is 5.59. The van der Waals surface area contributed by atoms with Gasteiger partial charge in [-0.3, -0.25) is 4.90 Å². The van der Waals surface area contributed by atoms with Gasteiger partial charge in [0.05, 0.1) is 0 Å². The maximum atomic E-state index is 5.59. The van der Waals surface area contributed by atoms with E-state index in [1.807, 2.05) is 18.2 Å². The van der Waals surface area contributed by atoms with Crippen LogP contribution in [0.5, 0.6) is 0 Å². The van der Waals surface area contributed by atoms with Crippen molar-refractivity contribution in [2.24, 2.45) is 0 Å². The molecule has 1 heterocycles. The molecule has 0 amide bonds. The third-order valence-corrected chi connectivity index (χ3v) is 4.88. The van der Waals surface area contributed by atoms with E-state index in [2.05, 4.69) is 70.6 Å². The topological polar surface area (TPSA) is 18.5 Å². The maximum Gasteiger partial charge on any atom is 0.173 e. The molecule has 2 aromatic carbocycles. The first-order chi connectivity index (χ1) is 12.2. The van der Waals surface area contributed by atoms with Crippen molar-refractivity contribution < 1.29 is 0 Å². The highest BCUT2D eigenvalue weighted by molar-refractivity contribution is 7.80. The van der Waals surface area contributed by atoms with Crippen LogP contribution >= 0.6 is 12.2 Å². The largest absolute Gasteiger partial charge is 0.346 e. The smallest absolute Gasteiger partial charge is 0.173 e. The molecule has 1 aliphatic rings. The lowest BCUT2D eigenvalue weighted by Gasteiger charge is -2.35. The SMILES string of the molecule is Cc1ccccc1NC(=S)N1CCN(C/C=C/c2ccccc2)CC1. The Kier molecular flexibility index (Phi) is 6.20. The summed E-state index contributed by atoms with van der Waals surface area (Å²) in [6.07, 6.45) is 4.44. The van der Waals surface area contributed by atoms with Crippen LogP contribution in [0.25, 0.3) is 6.08 Å². The molecule has 0 atom stereocenters. The minimum absolute atomic E-state index is 0.828. The number of nitrogens with one attached hydrogen (secondary N) is 1. The van der Waals surface area contributed by atoms with Crippen molar-refractivity contribution >= 4 is 29.1 Å². The summed E-state index contributed by atoms with van der Waals surface area (Å²) in [6, 6.07) is 18.7. The van der Waals surface area contributed by atoms with Crippen molar-refractivity contribution in [3.63, 3.8) is 0 Å². The number of rotatable bonds is 4. The summed E-state index contributed by atoms with van der Waals surface area (Å²) in [4.78, 5) is 4.73. The number of aryl methyl sites for hydroxylation is 1. The third kappa shape index (κ3) is 5.15. The highest BCUT2D eigenvalue weighted by atomic mass is 32.1. The Balaban J connectivity index is 1.44. The highest BCUT2D eigenvalue weighted by Crippen LogP contribution is 2.14. The Bertz CT molecular complexity index is 719. The van der Waals surface area contributed by atoms with Gasteiger partial charge in [0, 0.05) is 38.4 Å². The molecule has 1 fully saturated rings. The van der Waals surface area contributed by atoms with E-state index in [0.717, 1.165) is 43.5 Å². The molecule has 0 spiro atoms. The first-order valence-corrected chi connectivity index (χ1v) is 9.19. The second-order valence-corrected chi connectivity index (χ2v) is 6.73. The zero-order valence-electron chi connectivity index (χ0n) is 14.7. The standard InChI is InChI=1S/C21H25N3S/c1-18-8-5-6-12-20(18)22-21(25)24-16-14-23(15-17-24)13-7-11-19-9-3-2-4-10-19/h2-12H,13-17H2,1H3,(H,22,25)/b11-7+. The fourth-order valence-corrected chi connectivity index (χ4v) is 3.24. The quantitative estimate of drug-likeness (QED) is 0.838. The van der Waals surface area contributed by atoms with Crippen LogP contribution in [0.3, 0.4) is 0 Å². The summed E-state index contributed by atoms with van der Waals surface area (Å²) < 4.78 is 0. The molecule has 0 aromatic heterocycles. The highest BCUT2D eigenvalue weighted by Gasteiger charge is 2.18. The lowest BCUT2D eigenvalue weighted by Crippen LogP contribution is -2.49. The molecule has 1 saturated heterocycles. The van der Waals surface area contributed by atoms with E-state index in [1.165, 1.54) is 11.1 Å². The number of para-hydroxylation sites is 1. The van der Waals surface area contributed by atoms with E-state index in [0.29, 0.717) is 0 Å². The average Bonchev–Trinajstić information content (AvgIpc) is 2.65. The molecule has 3 rings (SSSR count). The molecule has 0 unspecified atom stereocenters. The Morgan fingerprint density at radius 3 is 2.40 bits per heavy atom. The van der Waals surface area contributed by atoms with Crippen molar-refractivity contribution in [2.75, 3.05) is 38.0 Å². The lowest BCUT2D eigenvalue weighted by atomic mass is 10.2. The van der Waals surface area contributed by atoms with Gasteiger partial charge in [0.1, 0.15) is 0 Å². The molecule has 0 radical (unpaired) electrons. The molecule has 0 aliphatic carbocycles. The van der Waals surface area contributed by atoms with Crippen molar-refractivity contribution in [1.82, 2.24) is 9.80 Å². The van der Waals surface area contributed by atoms with Gasteiger partial charge in [0.25, 0.3) is 0 Å². The zero-order valence-corrected chi connectivity index (χ0v) is 15.5. The van der Waals surface area contributed by atoms with Gasteiger partial charge in [-0.15, -0.1) is 0 Å². The number of hydrogen-bond acceptors (Lipinski definition) is 2. The van der Waals surface area contributed by atoms with Crippen LogP contribution in [-0.4, -0.2) is 47.6 Å². The van der Waals surface area contributed by atoms with Gasteiger partial charge in [-0.1, -0.05) is 60.7 Å². The Morgan fingerprint density at radius 1 is 1.00 bits per heavy atom.